The summed E-state index contributed by atoms with van der Waals surface area (Å²) >= 11 is 0. The fourth-order valence-electron chi connectivity index (χ4n) is 2.75. The van der Waals surface area contributed by atoms with Gasteiger partial charge in [-0.1, -0.05) is 23.8 Å². The molecule has 0 spiro atoms. The highest BCUT2D eigenvalue weighted by molar-refractivity contribution is 5.33. The lowest BCUT2D eigenvalue weighted by Crippen LogP contribution is -2.41. The van der Waals surface area contributed by atoms with E-state index in [0.717, 1.165) is 24.0 Å². The standard InChI is InChI=1S/C15H23NO2/c1-11-3-4-12(2)13(9-11)14(17)15(10-16)5-7-18-8-6-15/h3-4,9,14,17H,5-8,10,16H2,1-2H3. The third-order valence-electron chi connectivity index (χ3n) is 4.20. The van der Waals surface area contributed by atoms with Crippen molar-refractivity contribution in [2.45, 2.75) is 32.8 Å². The van der Waals surface area contributed by atoms with Crippen LogP contribution in [0.1, 0.15) is 35.6 Å². The molecule has 0 radical (unpaired) electrons. The fraction of sp³-hybridized carbons (Fsp3) is 0.600. The van der Waals surface area contributed by atoms with Crippen molar-refractivity contribution in [3.8, 4) is 0 Å². The van der Waals surface area contributed by atoms with Gasteiger partial charge in [0.25, 0.3) is 0 Å². The zero-order valence-electron chi connectivity index (χ0n) is 11.3. The third-order valence-corrected chi connectivity index (χ3v) is 4.20. The third kappa shape index (κ3) is 2.44. The van der Waals surface area contributed by atoms with Crippen molar-refractivity contribution in [2.24, 2.45) is 11.1 Å². The van der Waals surface area contributed by atoms with Crippen LogP contribution in [0.4, 0.5) is 0 Å². The van der Waals surface area contributed by atoms with E-state index in [2.05, 4.69) is 25.1 Å². The zero-order chi connectivity index (χ0) is 13.2. The molecule has 0 aromatic heterocycles. The van der Waals surface area contributed by atoms with Gasteiger partial charge in [-0.3, -0.25) is 0 Å². The molecule has 1 aromatic carbocycles. The molecule has 1 saturated heterocycles. The van der Waals surface area contributed by atoms with Crippen molar-refractivity contribution in [1.82, 2.24) is 0 Å². The second kappa shape index (κ2) is 5.39. The fourth-order valence-corrected chi connectivity index (χ4v) is 2.75. The van der Waals surface area contributed by atoms with Crippen molar-refractivity contribution < 1.29 is 9.84 Å². The number of ether oxygens (including phenoxy) is 1. The lowest BCUT2D eigenvalue weighted by molar-refractivity contribution is -0.0583. The van der Waals surface area contributed by atoms with Crippen LogP contribution in [0.5, 0.6) is 0 Å². The molecule has 1 atom stereocenters. The van der Waals surface area contributed by atoms with Gasteiger partial charge in [-0.25, -0.2) is 0 Å². The number of aryl methyl sites for hydroxylation is 2. The monoisotopic (exact) mass is 249 g/mol. The molecule has 0 amide bonds. The van der Waals surface area contributed by atoms with E-state index in [9.17, 15) is 5.11 Å². The minimum absolute atomic E-state index is 0.225. The maximum atomic E-state index is 10.8. The molecule has 0 bridgehead atoms. The quantitative estimate of drug-likeness (QED) is 0.862. The van der Waals surface area contributed by atoms with Crippen molar-refractivity contribution in [3.05, 3.63) is 34.9 Å². The van der Waals surface area contributed by atoms with Gasteiger partial charge >= 0.3 is 0 Å². The molecule has 1 aliphatic heterocycles. The van der Waals surface area contributed by atoms with Gasteiger partial charge in [0.1, 0.15) is 0 Å². The summed E-state index contributed by atoms with van der Waals surface area (Å²) in [6, 6.07) is 6.22. The van der Waals surface area contributed by atoms with Gasteiger partial charge in [0.05, 0.1) is 6.10 Å². The first-order valence-electron chi connectivity index (χ1n) is 6.62. The molecule has 0 aliphatic carbocycles. The number of aliphatic hydroxyl groups is 1. The highest BCUT2D eigenvalue weighted by atomic mass is 16.5. The van der Waals surface area contributed by atoms with Gasteiger partial charge in [-0.05, 0) is 37.8 Å². The van der Waals surface area contributed by atoms with Gasteiger partial charge in [-0.2, -0.15) is 0 Å². The molecule has 18 heavy (non-hydrogen) atoms. The lowest BCUT2D eigenvalue weighted by Gasteiger charge is -2.40. The second-order valence-corrected chi connectivity index (χ2v) is 5.44. The van der Waals surface area contributed by atoms with E-state index in [1.165, 1.54) is 5.56 Å². The Labute approximate surface area is 109 Å². The molecule has 3 heteroatoms. The van der Waals surface area contributed by atoms with E-state index < -0.39 is 6.10 Å². The first-order chi connectivity index (χ1) is 8.59. The molecule has 0 saturated carbocycles. The Kier molecular flexibility index (Phi) is 4.05. The Balaban J connectivity index is 2.33. The summed E-state index contributed by atoms with van der Waals surface area (Å²) in [5.41, 5.74) is 9.05. The Morgan fingerprint density at radius 2 is 2.00 bits per heavy atom. The van der Waals surface area contributed by atoms with Crippen LogP contribution in [0.15, 0.2) is 18.2 Å². The van der Waals surface area contributed by atoms with E-state index in [-0.39, 0.29) is 5.41 Å². The maximum absolute atomic E-state index is 10.8. The molecule has 1 aromatic rings. The molecule has 3 N–H and O–H groups in total. The molecule has 3 nitrogen and oxygen atoms in total. The van der Waals surface area contributed by atoms with Crippen LogP contribution in [-0.4, -0.2) is 24.9 Å². The summed E-state index contributed by atoms with van der Waals surface area (Å²) in [7, 11) is 0. The number of aliphatic hydroxyl groups excluding tert-OH is 1. The first kappa shape index (κ1) is 13.5. The minimum Gasteiger partial charge on any atom is -0.388 e. The molecule has 1 aliphatic rings. The van der Waals surface area contributed by atoms with E-state index in [0.29, 0.717) is 19.8 Å². The molecule has 1 fully saturated rings. The Bertz CT molecular complexity index is 411. The highest BCUT2D eigenvalue weighted by Crippen LogP contribution is 2.42. The van der Waals surface area contributed by atoms with Crippen LogP contribution < -0.4 is 5.73 Å². The average Bonchev–Trinajstić information content (AvgIpc) is 2.41. The second-order valence-electron chi connectivity index (χ2n) is 5.44. The van der Waals surface area contributed by atoms with Gasteiger partial charge in [-0.15, -0.1) is 0 Å². The SMILES string of the molecule is Cc1ccc(C)c(C(O)C2(CN)CCOCC2)c1. The van der Waals surface area contributed by atoms with Crippen molar-refractivity contribution in [1.29, 1.82) is 0 Å². The van der Waals surface area contributed by atoms with Gasteiger partial charge in [0, 0.05) is 25.2 Å². The van der Waals surface area contributed by atoms with Crippen LogP contribution in [0.3, 0.4) is 0 Å². The molecule has 2 rings (SSSR count). The highest BCUT2D eigenvalue weighted by Gasteiger charge is 2.39. The van der Waals surface area contributed by atoms with E-state index in [4.69, 9.17) is 10.5 Å². The molecule has 1 heterocycles. The smallest absolute Gasteiger partial charge is 0.0862 e. The van der Waals surface area contributed by atoms with Crippen molar-refractivity contribution in [3.63, 3.8) is 0 Å². The first-order valence-corrected chi connectivity index (χ1v) is 6.62. The number of hydrogen-bond donors (Lipinski definition) is 2. The summed E-state index contributed by atoms with van der Waals surface area (Å²) in [4.78, 5) is 0. The van der Waals surface area contributed by atoms with Crippen LogP contribution >= 0.6 is 0 Å². The predicted octanol–water partition coefficient (Wildman–Crippen LogP) is 2.09. The predicted molar refractivity (Wildman–Crippen MR) is 72.4 cm³/mol. The van der Waals surface area contributed by atoms with Crippen LogP contribution in [0.2, 0.25) is 0 Å². The van der Waals surface area contributed by atoms with Crippen LogP contribution in [-0.2, 0) is 4.74 Å². The average molecular weight is 249 g/mol. The van der Waals surface area contributed by atoms with Gasteiger partial charge in [0.2, 0.25) is 0 Å². The number of nitrogens with two attached hydrogens (primary N) is 1. The topological polar surface area (TPSA) is 55.5 Å². The summed E-state index contributed by atoms with van der Waals surface area (Å²) < 4.78 is 5.40. The maximum Gasteiger partial charge on any atom is 0.0862 e. The summed E-state index contributed by atoms with van der Waals surface area (Å²) in [6.45, 7) is 5.99. The molecule has 100 valence electrons. The Hall–Kier alpha value is -0.900. The van der Waals surface area contributed by atoms with Crippen molar-refractivity contribution in [2.75, 3.05) is 19.8 Å². The minimum atomic E-state index is -0.494. The van der Waals surface area contributed by atoms with Crippen LogP contribution in [0, 0.1) is 19.3 Å². The van der Waals surface area contributed by atoms with E-state index >= 15 is 0 Å². The molecular weight excluding hydrogens is 226 g/mol. The zero-order valence-corrected chi connectivity index (χ0v) is 11.3. The van der Waals surface area contributed by atoms with Crippen LogP contribution in [0.25, 0.3) is 0 Å². The summed E-state index contributed by atoms with van der Waals surface area (Å²) in [5, 5.41) is 10.8. The molecular formula is C15H23NO2. The number of hydrogen-bond acceptors (Lipinski definition) is 3. The largest absolute Gasteiger partial charge is 0.388 e. The van der Waals surface area contributed by atoms with Crippen molar-refractivity contribution >= 4 is 0 Å². The normalized spacial score (nSPS) is 20.7. The lowest BCUT2D eigenvalue weighted by atomic mass is 9.72. The Morgan fingerprint density at radius 3 is 2.61 bits per heavy atom. The van der Waals surface area contributed by atoms with Gasteiger partial charge < -0.3 is 15.6 Å². The molecule has 1 unspecified atom stereocenters. The van der Waals surface area contributed by atoms with E-state index in [1.807, 2.05) is 6.92 Å². The number of rotatable bonds is 3. The van der Waals surface area contributed by atoms with E-state index in [1.54, 1.807) is 0 Å². The van der Waals surface area contributed by atoms with Gasteiger partial charge in [0.15, 0.2) is 0 Å². The number of benzene rings is 1. The summed E-state index contributed by atoms with van der Waals surface area (Å²) in [5.74, 6) is 0. The Morgan fingerprint density at radius 1 is 1.33 bits per heavy atom. The summed E-state index contributed by atoms with van der Waals surface area (Å²) in [6.07, 6.45) is 1.17.